The second kappa shape index (κ2) is 14.1. The van der Waals surface area contributed by atoms with Crippen LogP contribution in [0, 0.1) is 11.7 Å². The molecule has 2 amide bonds. The molecule has 1 aliphatic carbocycles. The molecule has 1 unspecified atom stereocenters. The van der Waals surface area contributed by atoms with E-state index in [1.807, 2.05) is 17.0 Å². The summed E-state index contributed by atoms with van der Waals surface area (Å²) in [6, 6.07) is 16.1. The molecule has 1 atom stereocenters. The number of aromatic nitrogens is 2. The first-order valence-electron chi connectivity index (χ1n) is 15.9. The van der Waals surface area contributed by atoms with E-state index in [0.717, 1.165) is 43.2 Å². The number of likely N-dealkylation sites (tertiary alicyclic amines) is 1. The Labute approximate surface area is 269 Å². The Hall–Kier alpha value is -4.45. The van der Waals surface area contributed by atoms with E-state index in [0.29, 0.717) is 43.3 Å². The molecule has 248 valence electrons. The SMILES string of the molecule is O=C(NCCOCC1CC1)c1ccc2nn(CC3CCCCN3C(=O)c3ccc(-c4ccc(F)cc4)cc3)cc2c1OCC(F)(F)F. The Morgan fingerprint density at radius 3 is 2.36 bits per heavy atom. The van der Waals surface area contributed by atoms with Crippen LogP contribution in [0.1, 0.15) is 52.8 Å². The first-order valence-corrected chi connectivity index (χ1v) is 15.9. The Bertz CT molecular complexity index is 1700. The third kappa shape index (κ3) is 8.29. The van der Waals surface area contributed by atoms with Gasteiger partial charge in [0.05, 0.1) is 35.7 Å². The van der Waals surface area contributed by atoms with Crippen molar-refractivity contribution in [2.45, 2.75) is 50.9 Å². The number of hydrogen-bond acceptors (Lipinski definition) is 5. The van der Waals surface area contributed by atoms with Crippen molar-refractivity contribution in [1.29, 1.82) is 0 Å². The van der Waals surface area contributed by atoms with Crippen LogP contribution in [0.3, 0.4) is 0 Å². The predicted octanol–water partition coefficient (Wildman–Crippen LogP) is 6.63. The normalized spacial score (nSPS) is 16.8. The molecule has 0 radical (unpaired) electrons. The van der Waals surface area contributed by atoms with Crippen molar-refractivity contribution in [2.24, 2.45) is 5.92 Å². The summed E-state index contributed by atoms with van der Waals surface area (Å²) in [6.45, 7) is 0.450. The summed E-state index contributed by atoms with van der Waals surface area (Å²) in [4.78, 5) is 28.5. The van der Waals surface area contributed by atoms with Crippen LogP contribution in [0.25, 0.3) is 22.0 Å². The van der Waals surface area contributed by atoms with E-state index >= 15 is 0 Å². The highest BCUT2D eigenvalue weighted by molar-refractivity contribution is 6.03. The highest BCUT2D eigenvalue weighted by Crippen LogP contribution is 2.32. The molecule has 6 rings (SSSR count). The van der Waals surface area contributed by atoms with Gasteiger partial charge in [-0.25, -0.2) is 4.39 Å². The third-order valence-electron chi connectivity index (χ3n) is 8.49. The Balaban J connectivity index is 1.18. The molecule has 0 spiro atoms. The van der Waals surface area contributed by atoms with E-state index < -0.39 is 18.7 Å². The standard InChI is InChI=1S/C35H36F4N4O4/c36-27-12-10-25(11-13-27)24-6-8-26(9-7-24)34(45)43-17-2-1-3-28(43)19-42-20-30-31(41-42)15-14-29(32(30)47-22-35(37,38)39)33(44)40-16-18-46-21-23-4-5-23/h6-15,20,23,28H,1-5,16-19,21-22H2,(H,40,44). The molecule has 12 heteroatoms. The van der Waals surface area contributed by atoms with Gasteiger partial charge in [0.1, 0.15) is 11.6 Å². The zero-order valence-electron chi connectivity index (χ0n) is 25.8. The maximum absolute atomic E-state index is 13.6. The number of amides is 2. The fourth-order valence-corrected chi connectivity index (χ4v) is 5.85. The van der Waals surface area contributed by atoms with E-state index in [4.69, 9.17) is 9.47 Å². The number of carbonyl (C=O) groups is 2. The van der Waals surface area contributed by atoms with Gasteiger partial charge in [-0.2, -0.15) is 18.3 Å². The average molecular weight is 653 g/mol. The van der Waals surface area contributed by atoms with Gasteiger partial charge in [-0.3, -0.25) is 14.3 Å². The van der Waals surface area contributed by atoms with Crippen LogP contribution in [0.5, 0.6) is 5.75 Å². The van der Waals surface area contributed by atoms with Crippen molar-refractivity contribution in [3.63, 3.8) is 0 Å². The molecule has 1 N–H and O–H groups in total. The number of rotatable bonds is 12. The van der Waals surface area contributed by atoms with E-state index in [-0.39, 0.29) is 41.0 Å². The lowest BCUT2D eigenvalue weighted by atomic mass is 9.99. The molecule has 0 bridgehead atoms. The molecule has 1 saturated carbocycles. The molecule has 1 saturated heterocycles. The topological polar surface area (TPSA) is 85.7 Å². The van der Waals surface area contributed by atoms with Gasteiger partial charge in [0.25, 0.3) is 11.8 Å². The Morgan fingerprint density at radius 2 is 1.66 bits per heavy atom. The van der Waals surface area contributed by atoms with Gasteiger partial charge < -0.3 is 19.7 Å². The molecule has 4 aromatic rings. The van der Waals surface area contributed by atoms with E-state index in [1.54, 1.807) is 41.2 Å². The van der Waals surface area contributed by atoms with Gasteiger partial charge >= 0.3 is 6.18 Å². The molecule has 1 aromatic heterocycles. The number of carbonyl (C=O) groups excluding carboxylic acids is 2. The summed E-state index contributed by atoms with van der Waals surface area (Å²) in [5.74, 6) is -0.641. The Morgan fingerprint density at radius 1 is 0.936 bits per heavy atom. The van der Waals surface area contributed by atoms with Crippen LogP contribution in [-0.4, -0.2) is 71.6 Å². The lowest BCUT2D eigenvalue weighted by Crippen LogP contribution is -2.45. The summed E-state index contributed by atoms with van der Waals surface area (Å²) in [5.41, 5.74) is 2.56. The maximum Gasteiger partial charge on any atom is 0.422 e. The number of ether oxygens (including phenoxy) is 2. The van der Waals surface area contributed by atoms with Crippen LogP contribution >= 0.6 is 0 Å². The van der Waals surface area contributed by atoms with Gasteiger partial charge in [0.15, 0.2) is 6.61 Å². The van der Waals surface area contributed by atoms with Crippen LogP contribution in [0.15, 0.2) is 66.9 Å². The molecule has 1 aliphatic heterocycles. The van der Waals surface area contributed by atoms with Crippen LogP contribution in [-0.2, 0) is 11.3 Å². The van der Waals surface area contributed by atoms with Crippen molar-refractivity contribution >= 4 is 22.7 Å². The molecule has 2 aliphatic rings. The van der Waals surface area contributed by atoms with Crippen molar-refractivity contribution in [3.8, 4) is 16.9 Å². The first-order chi connectivity index (χ1) is 22.6. The number of fused-ring (bicyclic) bond motifs is 1. The minimum atomic E-state index is -4.61. The molecule has 2 fully saturated rings. The third-order valence-corrected chi connectivity index (χ3v) is 8.49. The van der Waals surface area contributed by atoms with Crippen LogP contribution in [0.2, 0.25) is 0 Å². The second-order valence-electron chi connectivity index (χ2n) is 12.1. The highest BCUT2D eigenvalue weighted by Gasteiger charge is 2.31. The number of piperidine rings is 1. The van der Waals surface area contributed by atoms with Crippen molar-refractivity contribution in [2.75, 3.05) is 32.9 Å². The quantitative estimate of drug-likeness (QED) is 0.137. The summed E-state index contributed by atoms with van der Waals surface area (Å²) >= 11 is 0. The number of benzene rings is 3. The largest absolute Gasteiger partial charge is 0.483 e. The monoisotopic (exact) mass is 652 g/mol. The molecular weight excluding hydrogens is 616 g/mol. The zero-order valence-corrected chi connectivity index (χ0v) is 25.8. The lowest BCUT2D eigenvalue weighted by molar-refractivity contribution is -0.153. The number of nitrogens with one attached hydrogen (secondary N) is 1. The Kier molecular flexibility index (Phi) is 9.76. The summed E-state index contributed by atoms with van der Waals surface area (Å²) in [6.07, 6.45) is 1.73. The highest BCUT2D eigenvalue weighted by atomic mass is 19.4. The number of halogens is 4. The summed E-state index contributed by atoms with van der Waals surface area (Å²) < 4.78 is 65.3. The minimum absolute atomic E-state index is 0.0259. The van der Waals surface area contributed by atoms with Gasteiger partial charge in [-0.1, -0.05) is 24.3 Å². The van der Waals surface area contributed by atoms with Crippen molar-refractivity contribution in [3.05, 3.63) is 83.8 Å². The number of alkyl halides is 3. The molecule has 2 heterocycles. The minimum Gasteiger partial charge on any atom is -0.483 e. The van der Waals surface area contributed by atoms with E-state index in [9.17, 15) is 27.2 Å². The van der Waals surface area contributed by atoms with Crippen molar-refractivity contribution in [1.82, 2.24) is 20.0 Å². The predicted molar refractivity (Wildman–Crippen MR) is 168 cm³/mol. The van der Waals surface area contributed by atoms with E-state index in [1.165, 1.54) is 18.2 Å². The van der Waals surface area contributed by atoms with Crippen LogP contribution in [0.4, 0.5) is 17.6 Å². The first kappa shape index (κ1) is 32.5. The smallest absolute Gasteiger partial charge is 0.422 e. The number of nitrogens with zero attached hydrogens (tertiary/aromatic N) is 3. The molecular formula is C35H36F4N4O4. The maximum atomic E-state index is 13.6. The average Bonchev–Trinajstić information content (AvgIpc) is 3.80. The second-order valence-corrected chi connectivity index (χ2v) is 12.1. The molecule has 3 aromatic carbocycles. The van der Waals surface area contributed by atoms with Gasteiger partial charge in [0.2, 0.25) is 0 Å². The summed E-state index contributed by atoms with van der Waals surface area (Å²) in [5, 5.41) is 7.56. The molecule has 8 nitrogen and oxygen atoms in total. The summed E-state index contributed by atoms with van der Waals surface area (Å²) in [7, 11) is 0. The lowest BCUT2D eigenvalue weighted by Gasteiger charge is -2.35. The van der Waals surface area contributed by atoms with Gasteiger partial charge in [0, 0.05) is 31.5 Å². The van der Waals surface area contributed by atoms with Gasteiger partial charge in [-0.05, 0) is 85.5 Å². The fraction of sp³-hybridized carbons (Fsp3) is 0.400. The zero-order chi connectivity index (χ0) is 33.0. The van der Waals surface area contributed by atoms with Crippen molar-refractivity contribution < 1.29 is 36.6 Å². The molecule has 47 heavy (non-hydrogen) atoms. The van der Waals surface area contributed by atoms with Crippen LogP contribution < -0.4 is 10.1 Å². The van der Waals surface area contributed by atoms with Gasteiger partial charge in [-0.15, -0.1) is 0 Å². The fourth-order valence-electron chi connectivity index (χ4n) is 5.85. The number of hydrogen-bond donors (Lipinski definition) is 1. The van der Waals surface area contributed by atoms with E-state index in [2.05, 4.69) is 10.4 Å².